The maximum absolute atomic E-state index is 12.3. The first-order valence-electron chi connectivity index (χ1n) is 6.05. The van der Waals surface area contributed by atoms with Gasteiger partial charge in [0.15, 0.2) is 5.11 Å². The molecule has 0 aliphatic carbocycles. The van der Waals surface area contributed by atoms with Crippen LogP contribution in [0.2, 0.25) is 0 Å². The first-order valence-corrected chi connectivity index (χ1v) is 6.46. The topological polar surface area (TPSA) is 45.7 Å². The van der Waals surface area contributed by atoms with Crippen molar-refractivity contribution in [1.29, 1.82) is 0 Å². The smallest absolute Gasteiger partial charge is 0.387 e. The van der Waals surface area contributed by atoms with Crippen molar-refractivity contribution in [3.63, 3.8) is 0 Å². The lowest BCUT2D eigenvalue weighted by atomic mass is 10.1. The second-order valence-corrected chi connectivity index (χ2v) is 4.72. The first kappa shape index (κ1) is 16.3. The molecule has 4 nitrogen and oxygen atoms in total. The molecule has 0 aromatic heterocycles. The molecular weight excluding hydrogens is 284 g/mol. The van der Waals surface area contributed by atoms with E-state index >= 15 is 0 Å². The molecule has 0 fully saturated rings. The van der Waals surface area contributed by atoms with Crippen LogP contribution in [-0.2, 0) is 0 Å². The molecule has 1 aromatic carbocycles. The number of nitrogens with zero attached hydrogens (tertiary/aromatic N) is 1. The van der Waals surface area contributed by atoms with E-state index in [1.165, 1.54) is 6.07 Å². The van der Waals surface area contributed by atoms with Crippen molar-refractivity contribution in [2.24, 2.45) is 5.10 Å². The van der Waals surface area contributed by atoms with E-state index in [2.05, 4.69) is 20.6 Å². The van der Waals surface area contributed by atoms with E-state index in [9.17, 15) is 8.78 Å². The molecule has 0 saturated carbocycles. The molecule has 0 amide bonds. The summed E-state index contributed by atoms with van der Waals surface area (Å²) in [6.45, 7) is 2.69. The highest BCUT2D eigenvalue weighted by atomic mass is 32.1. The molecule has 2 N–H and O–H groups in total. The third-order valence-electron chi connectivity index (χ3n) is 2.24. The normalized spacial score (nSPS) is 11.7. The second kappa shape index (κ2) is 7.74. The van der Waals surface area contributed by atoms with Crippen LogP contribution in [0.5, 0.6) is 5.75 Å². The molecular formula is C13H17F2N3OS. The summed E-state index contributed by atoms with van der Waals surface area (Å²) in [5.41, 5.74) is 3.63. The molecule has 0 unspecified atom stereocenters. The van der Waals surface area contributed by atoms with Crippen molar-refractivity contribution in [3.05, 3.63) is 29.8 Å². The lowest BCUT2D eigenvalue weighted by Gasteiger charge is -2.12. The molecule has 20 heavy (non-hydrogen) atoms. The van der Waals surface area contributed by atoms with Gasteiger partial charge in [-0.3, -0.25) is 5.43 Å². The molecule has 0 heterocycles. The van der Waals surface area contributed by atoms with E-state index in [0.29, 0.717) is 16.4 Å². The number of para-hydroxylation sites is 1. The van der Waals surface area contributed by atoms with Crippen LogP contribution >= 0.6 is 12.2 Å². The summed E-state index contributed by atoms with van der Waals surface area (Å²) in [4.78, 5) is 0. The number of rotatable bonds is 5. The molecule has 0 atom stereocenters. The Morgan fingerprint density at radius 1 is 1.30 bits per heavy atom. The average molecular weight is 301 g/mol. The van der Waals surface area contributed by atoms with Crippen molar-refractivity contribution < 1.29 is 13.5 Å². The van der Waals surface area contributed by atoms with E-state index < -0.39 is 6.61 Å². The van der Waals surface area contributed by atoms with Crippen LogP contribution < -0.4 is 15.5 Å². The molecule has 0 aliphatic rings. The molecule has 0 saturated heterocycles. The van der Waals surface area contributed by atoms with Crippen LogP contribution in [0, 0.1) is 0 Å². The van der Waals surface area contributed by atoms with Crippen LogP contribution in [-0.4, -0.2) is 23.5 Å². The molecule has 110 valence electrons. The zero-order valence-corrected chi connectivity index (χ0v) is 12.3. The minimum atomic E-state index is -2.87. The van der Waals surface area contributed by atoms with Gasteiger partial charge in [0.2, 0.25) is 0 Å². The number of hydrogen-bond donors (Lipinski definition) is 2. The van der Waals surface area contributed by atoms with Gasteiger partial charge < -0.3 is 10.1 Å². The highest BCUT2D eigenvalue weighted by molar-refractivity contribution is 7.80. The number of thiocarbonyl (C=S) groups is 1. The van der Waals surface area contributed by atoms with Gasteiger partial charge in [0.1, 0.15) is 5.75 Å². The fraction of sp³-hybridized carbons (Fsp3) is 0.385. The number of nitrogens with one attached hydrogen (secondary N) is 2. The summed E-state index contributed by atoms with van der Waals surface area (Å²) in [7, 11) is 0. The van der Waals surface area contributed by atoms with E-state index in [4.69, 9.17) is 12.2 Å². The average Bonchev–Trinajstić information content (AvgIpc) is 2.35. The van der Waals surface area contributed by atoms with E-state index in [1.807, 2.05) is 13.8 Å². The first-order chi connectivity index (χ1) is 9.40. The Bertz CT molecular complexity index is 492. The van der Waals surface area contributed by atoms with Crippen molar-refractivity contribution in [2.45, 2.75) is 33.4 Å². The van der Waals surface area contributed by atoms with Gasteiger partial charge in [0, 0.05) is 11.6 Å². The summed E-state index contributed by atoms with van der Waals surface area (Å²) < 4.78 is 29.1. The van der Waals surface area contributed by atoms with Gasteiger partial charge >= 0.3 is 6.61 Å². The standard InChI is InChI=1S/C13H17F2N3OS/c1-8(2)16-13(20)18-17-9(3)10-6-4-5-7-11(10)19-12(14)15/h4-8,12H,1-3H3,(H2,16,18,20)/b17-9-. The maximum Gasteiger partial charge on any atom is 0.387 e. The van der Waals surface area contributed by atoms with Gasteiger partial charge in [-0.2, -0.15) is 13.9 Å². The highest BCUT2D eigenvalue weighted by Gasteiger charge is 2.11. The monoisotopic (exact) mass is 301 g/mol. The molecule has 1 rings (SSSR count). The fourth-order valence-corrected chi connectivity index (χ4v) is 1.73. The highest BCUT2D eigenvalue weighted by Crippen LogP contribution is 2.20. The molecule has 1 aromatic rings. The van der Waals surface area contributed by atoms with Gasteiger partial charge in [0.05, 0.1) is 5.71 Å². The molecule has 0 spiro atoms. The Morgan fingerprint density at radius 3 is 2.55 bits per heavy atom. The van der Waals surface area contributed by atoms with Crippen LogP contribution in [0.3, 0.4) is 0 Å². The summed E-state index contributed by atoms with van der Waals surface area (Å²) in [5.74, 6) is 0.0771. The van der Waals surface area contributed by atoms with Crippen LogP contribution in [0.15, 0.2) is 29.4 Å². The predicted molar refractivity (Wildman–Crippen MR) is 79.3 cm³/mol. The Balaban J connectivity index is 2.80. The van der Waals surface area contributed by atoms with Crippen molar-refractivity contribution in [3.8, 4) is 5.75 Å². The summed E-state index contributed by atoms with van der Waals surface area (Å²) >= 11 is 5.02. The van der Waals surface area contributed by atoms with Gasteiger partial charge in [0.25, 0.3) is 0 Å². The third-order valence-corrected chi connectivity index (χ3v) is 2.45. The Kier molecular flexibility index (Phi) is 6.30. The second-order valence-electron chi connectivity index (χ2n) is 4.31. The molecule has 0 aliphatic heterocycles. The Labute approximate surface area is 122 Å². The van der Waals surface area contributed by atoms with E-state index in [1.54, 1.807) is 25.1 Å². The Hall–Kier alpha value is -1.76. The number of benzene rings is 1. The number of hydrazone groups is 1. The number of hydrogen-bond acceptors (Lipinski definition) is 3. The zero-order chi connectivity index (χ0) is 15.1. The quantitative estimate of drug-likeness (QED) is 0.499. The van der Waals surface area contributed by atoms with Gasteiger partial charge in [-0.1, -0.05) is 12.1 Å². The van der Waals surface area contributed by atoms with Crippen LogP contribution in [0.4, 0.5) is 8.78 Å². The van der Waals surface area contributed by atoms with Gasteiger partial charge in [-0.15, -0.1) is 0 Å². The summed E-state index contributed by atoms with van der Waals surface area (Å²) in [6.07, 6.45) is 0. The number of alkyl halides is 2. The zero-order valence-electron chi connectivity index (χ0n) is 11.5. The maximum atomic E-state index is 12.3. The molecule has 0 bridgehead atoms. The molecule has 7 heteroatoms. The van der Waals surface area contributed by atoms with Crippen molar-refractivity contribution >= 4 is 23.0 Å². The summed E-state index contributed by atoms with van der Waals surface area (Å²) in [6, 6.07) is 6.63. The van der Waals surface area contributed by atoms with Gasteiger partial charge in [-0.05, 0) is 45.1 Å². The predicted octanol–water partition coefficient (Wildman–Crippen LogP) is 2.88. The van der Waals surface area contributed by atoms with E-state index in [-0.39, 0.29) is 11.8 Å². The minimum absolute atomic E-state index is 0.0771. The van der Waals surface area contributed by atoms with Crippen molar-refractivity contribution in [1.82, 2.24) is 10.7 Å². The largest absolute Gasteiger partial charge is 0.434 e. The molecule has 0 radical (unpaired) electrons. The lowest BCUT2D eigenvalue weighted by Crippen LogP contribution is -2.37. The van der Waals surface area contributed by atoms with Crippen LogP contribution in [0.25, 0.3) is 0 Å². The van der Waals surface area contributed by atoms with E-state index in [0.717, 1.165) is 0 Å². The number of halogens is 2. The fourth-order valence-electron chi connectivity index (χ4n) is 1.45. The lowest BCUT2D eigenvalue weighted by molar-refractivity contribution is -0.0499. The van der Waals surface area contributed by atoms with Crippen LogP contribution in [0.1, 0.15) is 26.3 Å². The van der Waals surface area contributed by atoms with Crippen molar-refractivity contribution in [2.75, 3.05) is 0 Å². The minimum Gasteiger partial charge on any atom is -0.434 e. The third kappa shape index (κ3) is 5.48. The Morgan fingerprint density at radius 2 is 1.95 bits per heavy atom. The SMILES string of the molecule is C/C(=N/NC(=S)NC(C)C)c1ccccc1OC(F)F. The summed E-state index contributed by atoms with van der Waals surface area (Å²) in [5, 5.41) is 7.38. The van der Waals surface area contributed by atoms with Gasteiger partial charge in [-0.25, -0.2) is 0 Å². The number of ether oxygens (including phenoxy) is 1.